The van der Waals surface area contributed by atoms with E-state index in [1.807, 2.05) is 34.6 Å². The van der Waals surface area contributed by atoms with Crippen LogP contribution in [0, 0.1) is 0 Å². The van der Waals surface area contributed by atoms with Gasteiger partial charge in [-0.1, -0.05) is 6.92 Å². The van der Waals surface area contributed by atoms with E-state index in [0.29, 0.717) is 18.4 Å². The van der Waals surface area contributed by atoms with E-state index in [4.69, 9.17) is 16.3 Å². The predicted octanol–water partition coefficient (Wildman–Crippen LogP) is 3.75. The molecule has 0 saturated heterocycles. The lowest BCUT2D eigenvalue weighted by atomic mass is 10.3. The molecule has 0 bridgehead atoms. The van der Waals surface area contributed by atoms with Crippen LogP contribution in [0.3, 0.4) is 0 Å². The number of carbonyl (C=O) groups excluding carboxylic acids is 1. The predicted molar refractivity (Wildman–Crippen MR) is 90.4 cm³/mol. The minimum Gasteiger partial charge on any atom is -0.453 e. The molecule has 0 amide bonds. The lowest BCUT2D eigenvalue weighted by Gasteiger charge is -2.20. The zero-order chi connectivity index (χ0) is 16.7. The van der Waals surface area contributed by atoms with Crippen molar-refractivity contribution in [1.82, 2.24) is 15.0 Å². The SMILES string of the molecule is CCC(C)OC(=O)SN(CC)c1nc(Cl)nc(NC(C)C)n1. The maximum absolute atomic E-state index is 11.9. The van der Waals surface area contributed by atoms with Crippen molar-refractivity contribution >= 4 is 40.7 Å². The molecule has 0 spiro atoms. The van der Waals surface area contributed by atoms with Gasteiger partial charge in [0.1, 0.15) is 0 Å². The largest absolute Gasteiger partial charge is 0.453 e. The second kappa shape index (κ2) is 8.99. The molecular weight excluding hydrogens is 326 g/mol. The summed E-state index contributed by atoms with van der Waals surface area (Å²) in [5.41, 5.74) is 0. The molecule has 0 saturated carbocycles. The summed E-state index contributed by atoms with van der Waals surface area (Å²) in [6.07, 6.45) is 0.636. The third kappa shape index (κ3) is 6.23. The van der Waals surface area contributed by atoms with E-state index in [0.717, 1.165) is 18.4 Å². The molecule has 1 N–H and O–H groups in total. The maximum atomic E-state index is 11.9. The molecule has 1 rings (SSSR count). The van der Waals surface area contributed by atoms with Gasteiger partial charge in [-0.05, 0) is 45.7 Å². The van der Waals surface area contributed by atoms with Gasteiger partial charge in [0.2, 0.25) is 17.2 Å². The highest BCUT2D eigenvalue weighted by atomic mass is 35.5. The number of ether oxygens (including phenoxy) is 1. The van der Waals surface area contributed by atoms with Gasteiger partial charge >= 0.3 is 5.30 Å². The van der Waals surface area contributed by atoms with Gasteiger partial charge in [0, 0.05) is 12.6 Å². The summed E-state index contributed by atoms with van der Waals surface area (Å²) in [5, 5.41) is 2.74. The van der Waals surface area contributed by atoms with Crippen LogP contribution in [-0.2, 0) is 4.74 Å². The van der Waals surface area contributed by atoms with E-state index >= 15 is 0 Å². The van der Waals surface area contributed by atoms with Gasteiger partial charge in [0.05, 0.1) is 18.1 Å². The van der Waals surface area contributed by atoms with E-state index in [2.05, 4.69) is 20.3 Å². The van der Waals surface area contributed by atoms with Crippen LogP contribution in [-0.4, -0.2) is 38.9 Å². The Morgan fingerprint density at radius 2 is 2.00 bits per heavy atom. The quantitative estimate of drug-likeness (QED) is 0.590. The first-order valence-corrected chi connectivity index (χ1v) is 8.35. The molecule has 0 aliphatic carbocycles. The lowest BCUT2D eigenvalue weighted by Crippen LogP contribution is -2.23. The lowest BCUT2D eigenvalue weighted by molar-refractivity contribution is 0.131. The van der Waals surface area contributed by atoms with E-state index in [1.54, 1.807) is 4.31 Å². The second-order valence-corrected chi connectivity index (χ2v) is 6.19. The fraction of sp³-hybridized carbons (Fsp3) is 0.692. The average Bonchev–Trinajstić information content (AvgIpc) is 2.43. The Hall–Kier alpha value is -1.28. The van der Waals surface area contributed by atoms with Crippen LogP contribution in [0.15, 0.2) is 0 Å². The van der Waals surface area contributed by atoms with Crippen molar-refractivity contribution in [1.29, 1.82) is 0 Å². The Kier molecular flexibility index (Phi) is 7.67. The molecule has 0 aromatic carbocycles. The summed E-state index contributed by atoms with van der Waals surface area (Å²) in [7, 11) is 0. The smallest absolute Gasteiger partial charge is 0.388 e. The van der Waals surface area contributed by atoms with Gasteiger partial charge < -0.3 is 10.1 Å². The monoisotopic (exact) mass is 347 g/mol. The third-order valence-corrected chi connectivity index (χ3v) is 3.64. The van der Waals surface area contributed by atoms with Gasteiger partial charge in [0.25, 0.3) is 0 Å². The standard InChI is InChI=1S/C13H22ClN5O2S/c1-6-9(5)21-13(20)22-19(7-2)12-17-10(14)16-11(18-12)15-8(3)4/h8-9H,6-7H2,1-5H3,(H,15,16,17,18). The van der Waals surface area contributed by atoms with Crippen LogP contribution in [0.1, 0.15) is 41.0 Å². The normalized spacial score (nSPS) is 12.1. The van der Waals surface area contributed by atoms with Crippen molar-refractivity contribution < 1.29 is 9.53 Å². The van der Waals surface area contributed by atoms with Crippen molar-refractivity contribution in [2.75, 3.05) is 16.2 Å². The maximum Gasteiger partial charge on any atom is 0.388 e. The number of rotatable bonds is 7. The van der Waals surface area contributed by atoms with Gasteiger partial charge in [-0.2, -0.15) is 15.0 Å². The van der Waals surface area contributed by atoms with Gasteiger partial charge in [-0.25, -0.2) is 4.79 Å². The van der Waals surface area contributed by atoms with Crippen molar-refractivity contribution in [2.45, 2.75) is 53.2 Å². The van der Waals surface area contributed by atoms with Crippen LogP contribution in [0.5, 0.6) is 0 Å². The first-order chi connectivity index (χ1) is 10.3. The zero-order valence-corrected chi connectivity index (χ0v) is 15.0. The molecule has 0 aliphatic rings. The zero-order valence-electron chi connectivity index (χ0n) is 13.5. The van der Waals surface area contributed by atoms with E-state index in [1.165, 1.54) is 0 Å². The molecule has 1 heterocycles. The van der Waals surface area contributed by atoms with E-state index in [-0.39, 0.29) is 17.4 Å². The second-order valence-electron chi connectivity index (χ2n) is 4.90. The molecule has 22 heavy (non-hydrogen) atoms. The van der Waals surface area contributed by atoms with Gasteiger partial charge in [-0.15, -0.1) is 0 Å². The molecule has 1 aromatic heterocycles. The van der Waals surface area contributed by atoms with Crippen molar-refractivity contribution in [2.24, 2.45) is 0 Å². The first-order valence-electron chi connectivity index (χ1n) is 7.19. The van der Waals surface area contributed by atoms with Crippen molar-refractivity contribution in [3.8, 4) is 0 Å². The third-order valence-electron chi connectivity index (χ3n) is 2.58. The van der Waals surface area contributed by atoms with Crippen molar-refractivity contribution in [3.63, 3.8) is 0 Å². The minimum absolute atomic E-state index is 0.0718. The Bertz CT molecular complexity index is 503. The number of nitrogens with zero attached hydrogens (tertiary/aromatic N) is 4. The molecule has 1 atom stereocenters. The van der Waals surface area contributed by atoms with Crippen LogP contribution in [0.4, 0.5) is 16.7 Å². The number of aromatic nitrogens is 3. The van der Waals surface area contributed by atoms with Gasteiger partial charge in [0.15, 0.2) is 0 Å². The highest BCUT2D eigenvalue weighted by Gasteiger charge is 2.18. The Labute approximate surface area is 140 Å². The number of nitrogens with one attached hydrogen (secondary N) is 1. The van der Waals surface area contributed by atoms with Crippen LogP contribution >= 0.6 is 23.5 Å². The fourth-order valence-electron chi connectivity index (χ4n) is 1.38. The Morgan fingerprint density at radius 3 is 2.55 bits per heavy atom. The number of halogens is 1. The molecule has 1 aromatic rings. The highest BCUT2D eigenvalue weighted by Crippen LogP contribution is 2.23. The van der Waals surface area contributed by atoms with E-state index < -0.39 is 5.30 Å². The summed E-state index contributed by atoms with van der Waals surface area (Å²) in [5.74, 6) is 0.691. The molecular formula is C13H22ClN5O2S. The molecule has 9 heteroatoms. The summed E-state index contributed by atoms with van der Waals surface area (Å²) in [4.78, 5) is 24.2. The average molecular weight is 348 g/mol. The van der Waals surface area contributed by atoms with Crippen LogP contribution in [0.25, 0.3) is 0 Å². The molecule has 0 fully saturated rings. The molecule has 0 aliphatic heterocycles. The van der Waals surface area contributed by atoms with Gasteiger partial charge in [-0.3, -0.25) is 4.31 Å². The van der Waals surface area contributed by atoms with Crippen LogP contribution < -0.4 is 9.62 Å². The minimum atomic E-state index is -0.397. The number of hydrogen-bond acceptors (Lipinski definition) is 8. The molecule has 0 radical (unpaired) electrons. The Balaban J connectivity index is 2.85. The summed E-state index contributed by atoms with van der Waals surface area (Å²) < 4.78 is 6.86. The highest BCUT2D eigenvalue weighted by molar-refractivity contribution is 8.14. The summed E-state index contributed by atoms with van der Waals surface area (Å²) >= 11 is 6.83. The summed E-state index contributed by atoms with van der Waals surface area (Å²) in [6.45, 7) is 10.1. The number of carbonyl (C=O) groups is 1. The van der Waals surface area contributed by atoms with Crippen LogP contribution in [0.2, 0.25) is 5.28 Å². The number of anilines is 2. The van der Waals surface area contributed by atoms with Crippen molar-refractivity contribution in [3.05, 3.63) is 5.28 Å². The fourth-order valence-corrected chi connectivity index (χ4v) is 2.22. The number of hydrogen-bond donors (Lipinski definition) is 1. The van der Waals surface area contributed by atoms with E-state index in [9.17, 15) is 4.79 Å². The summed E-state index contributed by atoms with van der Waals surface area (Å²) in [6, 6.07) is 0.157. The molecule has 1 unspecified atom stereocenters. The Morgan fingerprint density at radius 1 is 1.32 bits per heavy atom. The molecule has 7 nitrogen and oxygen atoms in total. The first kappa shape index (κ1) is 18.8. The topological polar surface area (TPSA) is 80.2 Å². The molecule has 124 valence electrons.